The molecule has 23 heavy (non-hydrogen) atoms. The second-order valence-electron chi connectivity index (χ2n) is 4.20. The van der Waals surface area contributed by atoms with Crippen molar-refractivity contribution in [2.75, 3.05) is 0 Å². The maximum Gasteiger partial charge on any atom is 0.300 e. The number of rotatable bonds is 3. The Morgan fingerprint density at radius 1 is 1.13 bits per heavy atom. The van der Waals surface area contributed by atoms with Gasteiger partial charge in [-0.25, -0.2) is 9.13 Å². The van der Waals surface area contributed by atoms with E-state index in [-0.39, 0.29) is 17.1 Å². The first-order valence-corrected chi connectivity index (χ1v) is 6.60. The smallest absolute Gasteiger partial charge is 0.300 e. The molecule has 1 aromatic heterocycles. The summed E-state index contributed by atoms with van der Waals surface area (Å²) >= 11 is 0. The molecule has 0 fully saturated rings. The van der Waals surface area contributed by atoms with Gasteiger partial charge in [-0.2, -0.15) is 0 Å². The van der Waals surface area contributed by atoms with Gasteiger partial charge >= 0.3 is 0 Å². The predicted octanol–water partition coefficient (Wildman–Crippen LogP) is 0.0482. The first-order valence-electron chi connectivity index (χ1n) is 6.60. The fourth-order valence-electron chi connectivity index (χ4n) is 0.975. The van der Waals surface area contributed by atoms with Crippen molar-refractivity contribution in [3.63, 3.8) is 0 Å². The van der Waals surface area contributed by atoms with E-state index in [0.29, 0.717) is 0 Å². The predicted molar refractivity (Wildman–Crippen MR) is 77.8 cm³/mol. The third-order valence-electron chi connectivity index (χ3n) is 1.59. The molecule has 1 rings (SSSR count). The Morgan fingerprint density at radius 2 is 1.48 bits per heavy atom. The summed E-state index contributed by atoms with van der Waals surface area (Å²) in [5, 5.41) is 23.7. The Balaban J connectivity index is -0.000000118. The van der Waals surface area contributed by atoms with Crippen molar-refractivity contribution in [1.29, 1.82) is 0 Å². The van der Waals surface area contributed by atoms with Gasteiger partial charge in [0.25, 0.3) is 11.9 Å². The molecule has 0 amide bonds. The molecule has 0 unspecified atom stereocenters. The maximum absolute atomic E-state index is 9.00. The number of carboxylic acid groups (broad SMARTS) is 3. The number of carbonyl (C=O) groups is 3. The summed E-state index contributed by atoms with van der Waals surface area (Å²) in [6.45, 7) is 6.50. The first-order chi connectivity index (χ1) is 10.0. The van der Waals surface area contributed by atoms with Crippen molar-refractivity contribution in [3.05, 3.63) is 18.7 Å². The summed E-state index contributed by atoms with van der Waals surface area (Å²) in [5.41, 5.74) is 0. The van der Waals surface area contributed by atoms with E-state index in [1.165, 1.54) is 12.8 Å². The number of aryl methyl sites for hydroxylation is 2. The molecular formula is C14H26CuN2O6. The minimum absolute atomic E-state index is 0. The second-order valence-corrected chi connectivity index (χ2v) is 4.20. The van der Waals surface area contributed by atoms with E-state index in [2.05, 4.69) is 34.8 Å². The number of aliphatic carboxylic acids is 3. The van der Waals surface area contributed by atoms with Gasteiger partial charge in [-0.1, -0.05) is 13.3 Å². The van der Waals surface area contributed by atoms with Gasteiger partial charge in [-0.15, -0.1) is 0 Å². The standard InChI is InChI=1S/C8H15N2.3C2H4O2.Cu/c1-3-4-5-10-7-6-9(2)8-10;3*1-2(3)4;/h6-8H,3-5H2,1-2H3;3*1H3,(H,3,4);/q+1;;;;/p-1. The molecule has 0 bridgehead atoms. The summed E-state index contributed by atoms with van der Waals surface area (Å²) in [6, 6.07) is 0. The topological polar surface area (TPSA) is 124 Å². The van der Waals surface area contributed by atoms with Crippen molar-refractivity contribution < 1.29 is 51.3 Å². The third-order valence-corrected chi connectivity index (χ3v) is 1.59. The molecule has 139 valence electrons. The number of carbonyl (C=O) groups excluding carboxylic acids is 1. The van der Waals surface area contributed by atoms with Crippen LogP contribution in [0.2, 0.25) is 0 Å². The molecule has 1 heterocycles. The summed E-state index contributed by atoms with van der Waals surface area (Å²) in [7, 11) is 2.04. The summed E-state index contributed by atoms with van der Waals surface area (Å²) in [6.07, 6.45) is 8.82. The monoisotopic (exact) mass is 381 g/mol. The van der Waals surface area contributed by atoms with Gasteiger partial charge in [-0.05, 0) is 13.3 Å². The Labute approximate surface area is 147 Å². The largest absolute Gasteiger partial charge is 0.550 e. The first kappa shape index (κ1) is 29.2. The third kappa shape index (κ3) is 53.4. The average Bonchev–Trinajstić information content (AvgIpc) is 2.70. The molecule has 0 saturated carbocycles. The van der Waals surface area contributed by atoms with Crippen LogP contribution < -0.4 is 9.67 Å². The van der Waals surface area contributed by atoms with Gasteiger partial charge in [0.1, 0.15) is 12.4 Å². The van der Waals surface area contributed by atoms with Crippen LogP contribution in [0.3, 0.4) is 0 Å². The van der Waals surface area contributed by atoms with E-state index < -0.39 is 17.9 Å². The van der Waals surface area contributed by atoms with Crippen molar-refractivity contribution in [3.8, 4) is 0 Å². The molecule has 0 atom stereocenters. The van der Waals surface area contributed by atoms with E-state index in [1.54, 1.807) is 0 Å². The van der Waals surface area contributed by atoms with Gasteiger partial charge in [0.05, 0.1) is 13.6 Å². The maximum atomic E-state index is 9.00. The molecule has 2 N–H and O–H groups in total. The Morgan fingerprint density at radius 3 is 1.70 bits per heavy atom. The number of hydrogen-bond donors (Lipinski definition) is 2. The molecule has 0 aliphatic heterocycles. The summed E-state index contributed by atoms with van der Waals surface area (Å²) in [5.74, 6) is -2.75. The van der Waals surface area contributed by atoms with Crippen LogP contribution in [0.15, 0.2) is 18.7 Å². The van der Waals surface area contributed by atoms with Crippen LogP contribution in [0.5, 0.6) is 0 Å². The molecule has 0 aromatic carbocycles. The van der Waals surface area contributed by atoms with E-state index in [4.69, 9.17) is 29.7 Å². The minimum atomic E-state index is -1.08. The van der Waals surface area contributed by atoms with Crippen molar-refractivity contribution >= 4 is 17.9 Å². The van der Waals surface area contributed by atoms with Gasteiger partial charge in [0.2, 0.25) is 6.33 Å². The molecule has 1 radical (unpaired) electrons. The minimum Gasteiger partial charge on any atom is -0.550 e. The van der Waals surface area contributed by atoms with Gasteiger partial charge in [-0.3, -0.25) is 9.59 Å². The zero-order valence-electron chi connectivity index (χ0n) is 14.1. The quantitative estimate of drug-likeness (QED) is 0.563. The Hall–Kier alpha value is -1.86. The molecule has 0 saturated heterocycles. The second kappa shape index (κ2) is 20.1. The van der Waals surface area contributed by atoms with Gasteiger partial charge in [0, 0.05) is 36.9 Å². The van der Waals surface area contributed by atoms with Crippen LogP contribution in [-0.2, 0) is 45.0 Å². The Bertz CT molecular complexity index is 394. The number of nitrogens with zero attached hydrogens (tertiary/aromatic N) is 2. The molecule has 0 aliphatic carbocycles. The Kier molecular flexibility index (Phi) is 25.6. The zero-order valence-corrected chi connectivity index (χ0v) is 15.0. The number of unbranched alkanes of at least 4 members (excludes halogenated alkanes) is 1. The average molecular weight is 382 g/mol. The van der Waals surface area contributed by atoms with Crippen LogP contribution in [0, 0.1) is 0 Å². The van der Waals surface area contributed by atoms with Crippen LogP contribution in [-0.4, -0.2) is 32.7 Å². The van der Waals surface area contributed by atoms with E-state index in [1.807, 2.05) is 7.05 Å². The van der Waals surface area contributed by atoms with E-state index in [0.717, 1.165) is 27.3 Å². The van der Waals surface area contributed by atoms with Crippen LogP contribution in [0.25, 0.3) is 0 Å². The van der Waals surface area contributed by atoms with E-state index >= 15 is 0 Å². The summed E-state index contributed by atoms with van der Waals surface area (Å²) in [4.78, 5) is 26.9. The van der Waals surface area contributed by atoms with Crippen LogP contribution in [0.4, 0.5) is 0 Å². The molecule has 0 aliphatic rings. The number of carboxylic acids is 3. The molecule has 0 spiro atoms. The molecular weight excluding hydrogens is 356 g/mol. The SMILES string of the molecule is CC(=O)O.CC(=O)O.CC(=O)[O-].CCCCn1cc[n+](C)c1.[Cu]. The van der Waals surface area contributed by atoms with E-state index in [9.17, 15) is 0 Å². The fraction of sp³-hybridized carbons (Fsp3) is 0.571. The molecule has 8 nitrogen and oxygen atoms in total. The van der Waals surface area contributed by atoms with Crippen LogP contribution >= 0.6 is 0 Å². The van der Waals surface area contributed by atoms with Gasteiger partial charge < -0.3 is 20.1 Å². The van der Waals surface area contributed by atoms with Crippen molar-refractivity contribution in [1.82, 2.24) is 4.57 Å². The van der Waals surface area contributed by atoms with Crippen LogP contribution in [0.1, 0.15) is 40.5 Å². The van der Waals surface area contributed by atoms with Crippen molar-refractivity contribution in [2.24, 2.45) is 7.05 Å². The normalized spacial score (nSPS) is 7.70. The number of hydrogen-bond acceptors (Lipinski definition) is 4. The zero-order chi connectivity index (χ0) is 18.1. The molecule has 9 heteroatoms. The fourth-order valence-corrected chi connectivity index (χ4v) is 0.975. The summed E-state index contributed by atoms with van der Waals surface area (Å²) < 4.78 is 4.28. The van der Waals surface area contributed by atoms with Gasteiger partial charge in [0.15, 0.2) is 0 Å². The van der Waals surface area contributed by atoms with Crippen molar-refractivity contribution in [2.45, 2.75) is 47.1 Å². The molecule has 1 aromatic rings. The number of aromatic nitrogens is 2. The number of imidazole rings is 1.